The van der Waals surface area contributed by atoms with E-state index in [4.69, 9.17) is 5.73 Å². The third-order valence-corrected chi connectivity index (χ3v) is 3.90. The lowest BCUT2D eigenvalue weighted by molar-refractivity contribution is 0.125. The fraction of sp³-hybridized carbons (Fsp3) is 1.00. The van der Waals surface area contributed by atoms with Crippen LogP contribution in [0.15, 0.2) is 0 Å². The van der Waals surface area contributed by atoms with E-state index in [1.54, 1.807) is 0 Å². The van der Waals surface area contributed by atoms with Crippen molar-refractivity contribution in [3.63, 3.8) is 0 Å². The van der Waals surface area contributed by atoms with Crippen molar-refractivity contribution < 1.29 is 0 Å². The highest BCUT2D eigenvalue weighted by molar-refractivity contribution is 4.87. The van der Waals surface area contributed by atoms with Crippen LogP contribution in [0.5, 0.6) is 0 Å². The van der Waals surface area contributed by atoms with E-state index >= 15 is 0 Å². The number of hydrogen-bond donors (Lipinski definition) is 1. The largest absolute Gasteiger partial charge is 0.330 e. The van der Waals surface area contributed by atoms with Crippen LogP contribution in [0.2, 0.25) is 0 Å². The highest BCUT2D eigenvalue weighted by atomic mass is 15.3. The van der Waals surface area contributed by atoms with E-state index in [2.05, 4.69) is 9.80 Å². The quantitative estimate of drug-likeness (QED) is 0.663. The maximum atomic E-state index is 5.49. The first kappa shape index (κ1) is 12.3. The van der Waals surface area contributed by atoms with Crippen molar-refractivity contribution in [3.8, 4) is 0 Å². The molecule has 2 rings (SSSR count). The second kappa shape index (κ2) is 6.58. The van der Waals surface area contributed by atoms with Gasteiger partial charge in [0.1, 0.15) is 0 Å². The molecule has 1 saturated carbocycles. The van der Waals surface area contributed by atoms with Crippen LogP contribution in [0.1, 0.15) is 38.5 Å². The Balaban J connectivity index is 1.48. The summed E-state index contributed by atoms with van der Waals surface area (Å²) in [6.45, 7) is 7.39. The number of hydrogen-bond acceptors (Lipinski definition) is 3. The van der Waals surface area contributed by atoms with Gasteiger partial charge in [-0.3, -0.25) is 4.90 Å². The number of rotatable bonds is 7. The highest BCUT2D eigenvalue weighted by Gasteiger charge is 2.30. The molecule has 0 bridgehead atoms. The van der Waals surface area contributed by atoms with Crippen LogP contribution in [0, 0.1) is 0 Å². The van der Waals surface area contributed by atoms with Crippen LogP contribution in [0.25, 0.3) is 0 Å². The zero-order valence-corrected chi connectivity index (χ0v) is 10.5. The van der Waals surface area contributed by atoms with Gasteiger partial charge in [0, 0.05) is 32.2 Å². The Labute approximate surface area is 100.0 Å². The molecule has 0 radical (unpaired) electrons. The Morgan fingerprint density at radius 2 is 1.56 bits per heavy atom. The molecular formula is C13H27N3. The molecule has 0 aromatic heterocycles. The predicted molar refractivity (Wildman–Crippen MR) is 68.6 cm³/mol. The maximum absolute atomic E-state index is 5.49. The minimum Gasteiger partial charge on any atom is -0.330 e. The summed E-state index contributed by atoms with van der Waals surface area (Å²) in [6, 6.07) is 0.965. The van der Waals surface area contributed by atoms with E-state index in [0.717, 1.165) is 12.6 Å². The monoisotopic (exact) mass is 225 g/mol. The van der Waals surface area contributed by atoms with E-state index in [1.807, 2.05) is 0 Å². The molecule has 0 amide bonds. The summed E-state index contributed by atoms with van der Waals surface area (Å²) in [5, 5.41) is 0. The third kappa shape index (κ3) is 4.04. The molecule has 2 fully saturated rings. The van der Waals surface area contributed by atoms with Gasteiger partial charge >= 0.3 is 0 Å². The summed E-state index contributed by atoms with van der Waals surface area (Å²) >= 11 is 0. The van der Waals surface area contributed by atoms with Crippen LogP contribution in [0.3, 0.4) is 0 Å². The van der Waals surface area contributed by atoms with E-state index in [-0.39, 0.29) is 0 Å². The van der Waals surface area contributed by atoms with Crippen molar-refractivity contribution >= 4 is 0 Å². The minimum atomic E-state index is 0.861. The Bertz CT molecular complexity index is 184. The molecule has 0 aromatic rings. The van der Waals surface area contributed by atoms with Crippen LogP contribution in [-0.4, -0.2) is 55.1 Å². The van der Waals surface area contributed by atoms with Gasteiger partial charge in [0.05, 0.1) is 0 Å². The average molecular weight is 225 g/mol. The molecule has 3 nitrogen and oxygen atoms in total. The molecule has 2 N–H and O–H groups in total. The van der Waals surface area contributed by atoms with Crippen molar-refractivity contribution in [2.24, 2.45) is 5.73 Å². The second-order valence-corrected chi connectivity index (χ2v) is 5.31. The summed E-state index contributed by atoms with van der Waals surface area (Å²) in [4.78, 5) is 5.33. The topological polar surface area (TPSA) is 32.5 Å². The van der Waals surface area contributed by atoms with E-state index in [0.29, 0.717) is 0 Å². The molecule has 1 heterocycles. The maximum Gasteiger partial charge on any atom is 0.0113 e. The van der Waals surface area contributed by atoms with E-state index in [9.17, 15) is 0 Å². The molecule has 0 unspecified atom stereocenters. The summed E-state index contributed by atoms with van der Waals surface area (Å²) in [7, 11) is 0. The van der Waals surface area contributed by atoms with Crippen LogP contribution in [-0.2, 0) is 0 Å². The summed E-state index contributed by atoms with van der Waals surface area (Å²) in [5.41, 5.74) is 5.49. The predicted octanol–water partition coefficient (Wildman–Crippen LogP) is 1.29. The fourth-order valence-electron chi connectivity index (χ4n) is 2.63. The second-order valence-electron chi connectivity index (χ2n) is 5.31. The van der Waals surface area contributed by atoms with Crippen LogP contribution in [0.4, 0.5) is 0 Å². The van der Waals surface area contributed by atoms with Crippen LogP contribution < -0.4 is 5.73 Å². The average Bonchev–Trinajstić information content (AvgIpc) is 3.14. The lowest BCUT2D eigenvalue weighted by Crippen LogP contribution is -2.47. The third-order valence-electron chi connectivity index (χ3n) is 3.90. The summed E-state index contributed by atoms with van der Waals surface area (Å²) in [5.74, 6) is 0. The van der Waals surface area contributed by atoms with Crippen molar-refractivity contribution in [2.75, 3.05) is 39.3 Å². The number of piperazine rings is 1. The SMILES string of the molecule is NCCCCCCN1CCN(C2CC2)CC1. The normalized spacial score (nSPS) is 23.8. The molecule has 0 atom stereocenters. The Morgan fingerprint density at radius 3 is 2.19 bits per heavy atom. The van der Waals surface area contributed by atoms with Gasteiger partial charge in [-0.25, -0.2) is 0 Å². The van der Waals surface area contributed by atoms with Gasteiger partial charge in [-0.1, -0.05) is 12.8 Å². The minimum absolute atomic E-state index is 0.861. The zero-order valence-electron chi connectivity index (χ0n) is 10.5. The fourth-order valence-corrected chi connectivity index (χ4v) is 2.63. The highest BCUT2D eigenvalue weighted by Crippen LogP contribution is 2.27. The smallest absolute Gasteiger partial charge is 0.0113 e. The Kier molecular flexibility index (Phi) is 5.07. The van der Waals surface area contributed by atoms with Gasteiger partial charge in [-0.2, -0.15) is 0 Å². The lowest BCUT2D eigenvalue weighted by Gasteiger charge is -2.34. The van der Waals surface area contributed by atoms with E-state index in [1.165, 1.54) is 71.2 Å². The van der Waals surface area contributed by atoms with Gasteiger partial charge in [0.25, 0.3) is 0 Å². The van der Waals surface area contributed by atoms with Gasteiger partial charge in [-0.05, 0) is 38.8 Å². The van der Waals surface area contributed by atoms with Gasteiger partial charge in [-0.15, -0.1) is 0 Å². The number of nitrogens with two attached hydrogens (primary N) is 1. The summed E-state index contributed by atoms with van der Waals surface area (Å²) in [6.07, 6.45) is 8.16. The first-order chi connectivity index (χ1) is 7.90. The molecule has 0 aromatic carbocycles. The van der Waals surface area contributed by atoms with Crippen molar-refractivity contribution in [2.45, 2.75) is 44.6 Å². The Morgan fingerprint density at radius 1 is 0.875 bits per heavy atom. The molecule has 16 heavy (non-hydrogen) atoms. The number of nitrogens with zero attached hydrogens (tertiary/aromatic N) is 2. The van der Waals surface area contributed by atoms with Crippen LogP contribution >= 0.6 is 0 Å². The van der Waals surface area contributed by atoms with Crippen molar-refractivity contribution in [1.82, 2.24) is 9.80 Å². The first-order valence-corrected chi connectivity index (χ1v) is 7.06. The van der Waals surface area contributed by atoms with E-state index < -0.39 is 0 Å². The molecule has 1 aliphatic heterocycles. The number of unbranched alkanes of at least 4 members (excludes halogenated alkanes) is 3. The molecule has 2 aliphatic rings. The molecule has 3 heteroatoms. The molecule has 94 valence electrons. The van der Waals surface area contributed by atoms with Crippen molar-refractivity contribution in [1.29, 1.82) is 0 Å². The molecular weight excluding hydrogens is 198 g/mol. The lowest BCUT2D eigenvalue weighted by atomic mass is 10.2. The molecule has 1 aliphatic carbocycles. The van der Waals surface area contributed by atoms with Gasteiger partial charge in [0.15, 0.2) is 0 Å². The summed E-state index contributed by atoms with van der Waals surface area (Å²) < 4.78 is 0. The first-order valence-electron chi connectivity index (χ1n) is 7.06. The standard InChI is InChI=1S/C13H27N3/c14-7-3-1-2-4-8-15-9-11-16(12-10-15)13-5-6-13/h13H,1-12,14H2. The Hall–Kier alpha value is -0.120. The molecule has 1 saturated heterocycles. The molecule has 0 spiro atoms. The zero-order chi connectivity index (χ0) is 11.2. The van der Waals surface area contributed by atoms with Crippen molar-refractivity contribution in [3.05, 3.63) is 0 Å². The van der Waals surface area contributed by atoms with Gasteiger partial charge < -0.3 is 10.6 Å². The van der Waals surface area contributed by atoms with Gasteiger partial charge in [0.2, 0.25) is 0 Å².